The van der Waals surface area contributed by atoms with E-state index in [1.165, 1.54) is 0 Å². The summed E-state index contributed by atoms with van der Waals surface area (Å²) in [6.07, 6.45) is 2.65. The molecule has 1 saturated heterocycles. The second kappa shape index (κ2) is 13.1. The summed E-state index contributed by atoms with van der Waals surface area (Å²) in [6, 6.07) is 16.2. The van der Waals surface area contributed by atoms with Crippen LogP contribution in [0, 0.1) is 11.9 Å². The monoisotopic (exact) mass is 686 g/mol. The molecule has 1 saturated carbocycles. The van der Waals surface area contributed by atoms with Crippen LogP contribution in [-0.4, -0.2) is 63.1 Å². The lowest BCUT2D eigenvalue weighted by Gasteiger charge is -2.29. The van der Waals surface area contributed by atoms with Gasteiger partial charge in [-0.25, -0.2) is 19.6 Å². The highest BCUT2D eigenvalue weighted by Crippen LogP contribution is 2.53. The topological polar surface area (TPSA) is 125 Å². The number of rotatable bonds is 8. The zero-order valence-electron chi connectivity index (χ0n) is 29.6. The lowest BCUT2D eigenvalue weighted by atomic mass is 10.0. The summed E-state index contributed by atoms with van der Waals surface area (Å²) in [5.74, 6) is 0.971. The Hall–Kier alpha value is -4.45. The van der Waals surface area contributed by atoms with E-state index in [9.17, 15) is 9.59 Å². The third-order valence-electron chi connectivity index (χ3n) is 8.73. The largest absolute Gasteiger partial charge is 0.444 e. The smallest absolute Gasteiger partial charge is 0.411 e. The predicted molar refractivity (Wildman–Crippen MR) is 190 cm³/mol. The summed E-state index contributed by atoms with van der Waals surface area (Å²) in [5.41, 5.74) is 3.59. The second-order valence-electron chi connectivity index (χ2n) is 15.7. The molecule has 49 heavy (non-hydrogen) atoms. The second-order valence-corrected chi connectivity index (χ2v) is 18.9. The van der Waals surface area contributed by atoms with Gasteiger partial charge in [0.2, 0.25) is 5.95 Å². The number of carbonyl (C=O) groups excluding carboxylic acids is 2. The van der Waals surface area contributed by atoms with Crippen molar-refractivity contribution < 1.29 is 23.5 Å². The first-order valence-corrected chi connectivity index (χ1v) is 20.2. The van der Waals surface area contributed by atoms with Crippen LogP contribution in [0.2, 0.25) is 19.1 Å². The molecule has 3 N–H and O–H groups in total. The average molecular weight is 687 g/mol. The number of H-pyrrole nitrogens is 2. The number of hydrogen-bond acceptors (Lipinski definition) is 6. The molecule has 0 bridgehead atoms. The van der Waals surface area contributed by atoms with Crippen LogP contribution in [0.25, 0.3) is 33.6 Å². The number of fused-ring (bicyclic) bond motifs is 1. The van der Waals surface area contributed by atoms with Crippen molar-refractivity contribution in [3.8, 4) is 33.6 Å². The van der Waals surface area contributed by atoms with Crippen LogP contribution >= 0.6 is 0 Å². The molecule has 4 atom stereocenters. The Morgan fingerprint density at radius 1 is 0.918 bits per heavy atom. The Morgan fingerprint density at radius 3 is 2.10 bits per heavy atom. The molecule has 260 valence electrons. The van der Waals surface area contributed by atoms with E-state index in [0.29, 0.717) is 28.8 Å². The number of carbonyl (C=O) groups is 2. The van der Waals surface area contributed by atoms with Crippen molar-refractivity contribution in [1.82, 2.24) is 30.2 Å². The number of likely N-dealkylation sites (tertiary alicyclic amines) is 1. The van der Waals surface area contributed by atoms with Gasteiger partial charge in [0.25, 0.3) is 0 Å². The Balaban J connectivity index is 1.14. The molecule has 1 aliphatic heterocycles. The van der Waals surface area contributed by atoms with Gasteiger partial charge in [0.05, 0.1) is 24.0 Å². The van der Waals surface area contributed by atoms with Crippen molar-refractivity contribution in [3.05, 3.63) is 72.3 Å². The third kappa shape index (κ3) is 8.06. The number of nitrogens with zero attached hydrogens (tertiary/aromatic N) is 3. The average Bonchev–Trinajstić information content (AvgIpc) is 3.33. The van der Waals surface area contributed by atoms with Gasteiger partial charge in [0.1, 0.15) is 28.5 Å². The lowest BCUT2D eigenvalue weighted by molar-refractivity contribution is 0.0174. The minimum Gasteiger partial charge on any atom is -0.444 e. The molecule has 3 heterocycles. The molecule has 0 unspecified atom stereocenters. The Bertz CT molecular complexity index is 1810. The molecular formula is C37H47FN6O4Si. The van der Waals surface area contributed by atoms with Gasteiger partial charge in [-0.15, -0.1) is 0 Å². The maximum atomic E-state index is 15.2. The van der Waals surface area contributed by atoms with E-state index in [2.05, 4.69) is 38.3 Å². The molecule has 4 aromatic rings. The number of imidazole rings is 2. The van der Waals surface area contributed by atoms with E-state index in [0.717, 1.165) is 41.3 Å². The van der Waals surface area contributed by atoms with E-state index in [-0.39, 0.29) is 24.2 Å². The molecule has 2 aromatic carbocycles. The number of nitrogens with one attached hydrogen (secondary N) is 3. The Kier molecular flexibility index (Phi) is 9.21. The highest BCUT2D eigenvalue weighted by atomic mass is 28.3. The number of benzene rings is 2. The number of ether oxygens (including phenoxy) is 2. The summed E-state index contributed by atoms with van der Waals surface area (Å²) in [6.45, 7) is 15.5. The summed E-state index contributed by atoms with van der Waals surface area (Å²) in [4.78, 5) is 42.7. The molecule has 1 aliphatic carbocycles. The maximum Gasteiger partial charge on any atom is 0.411 e. The Labute approximate surface area is 288 Å². The van der Waals surface area contributed by atoms with Gasteiger partial charge in [-0.05, 0) is 83.0 Å². The summed E-state index contributed by atoms with van der Waals surface area (Å²) in [5, 5.41) is 3.00. The fourth-order valence-corrected chi connectivity index (χ4v) is 7.77. The molecule has 2 aromatic heterocycles. The van der Waals surface area contributed by atoms with Gasteiger partial charge < -0.3 is 24.8 Å². The first kappa shape index (κ1) is 34.4. The van der Waals surface area contributed by atoms with Crippen LogP contribution in [0.4, 0.5) is 14.0 Å². The molecule has 2 amide bonds. The number of halogens is 1. The van der Waals surface area contributed by atoms with E-state index < -0.39 is 32.0 Å². The minimum absolute atomic E-state index is 0.127. The van der Waals surface area contributed by atoms with Gasteiger partial charge in [-0.2, -0.15) is 4.39 Å². The van der Waals surface area contributed by atoms with E-state index in [1.807, 2.05) is 90.1 Å². The molecule has 2 fully saturated rings. The lowest BCUT2D eigenvalue weighted by Crippen LogP contribution is -2.38. The first-order chi connectivity index (χ1) is 23.0. The van der Waals surface area contributed by atoms with Gasteiger partial charge >= 0.3 is 12.2 Å². The number of amides is 2. The van der Waals surface area contributed by atoms with Crippen LogP contribution in [0.5, 0.6) is 0 Å². The fraction of sp³-hybridized carbons (Fsp3) is 0.459. The van der Waals surface area contributed by atoms with E-state index >= 15 is 4.39 Å². The van der Waals surface area contributed by atoms with Crippen molar-refractivity contribution in [2.45, 2.75) is 103 Å². The molecular weight excluding hydrogens is 640 g/mol. The van der Waals surface area contributed by atoms with Crippen molar-refractivity contribution in [3.63, 3.8) is 0 Å². The highest BCUT2D eigenvalue weighted by molar-refractivity contribution is 6.55. The van der Waals surface area contributed by atoms with Crippen LogP contribution in [0.1, 0.15) is 78.1 Å². The number of hydrogen-bond donors (Lipinski definition) is 3. The molecule has 2 aliphatic rings. The van der Waals surface area contributed by atoms with Crippen molar-refractivity contribution >= 4 is 21.0 Å². The minimum atomic E-state index is -1.04. The predicted octanol–water partition coefficient (Wildman–Crippen LogP) is 8.40. The SMILES string of the molecule is C[SiH](C)C[C@H](NC(=O)OC(C)(C)C)c1ncc(-c2ccc(-c3ccc(-c4[nH]c([C@@H]5C[C@H]6C[C@H]6N5C(=O)OC(C)(C)C)nc4F)cc3)cc2)[nH]1. The van der Waals surface area contributed by atoms with E-state index in [4.69, 9.17) is 9.47 Å². The summed E-state index contributed by atoms with van der Waals surface area (Å²) >= 11 is 0. The zero-order valence-corrected chi connectivity index (χ0v) is 30.7. The van der Waals surface area contributed by atoms with Gasteiger partial charge in [-0.1, -0.05) is 61.6 Å². The molecule has 0 radical (unpaired) electrons. The third-order valence-corrected chi connectivity index (χ3v) is 10.1. The van der Waals surface area contributed by atoms with Crippen molar-refractivity contribution in [2.24, 2.45) is 5.92 Å². The highest BCUT2D eigenvalue weighted by Gasteiger charge is 2.56. The van der Waals surface area contributed by atoms with Gasteiger partial charge in [0, 0.05) is 20.4 Å². The summed E-state index contributed by atoms with van der Waals surface area (Å²) < 4.78 is 26.4. The van der Waals surface area contributed by atoms with Crippen LogP contribution in [0.15, 0.2) is 54.7 Å². The Morgan fingerprint density at radius 2 is 1.51 bits per heavy atom. The molecule has 0 spiro atoms. The number of alkyl carbamates (subject to hydrolysis) is 1. The van der Waals surface area contributed by atoms with Crippen molar-refractivity contribution in [1.29, 1.82) is 0 Å². The van der Waals surface area contributed by atoms with Crippen LogP contribution < -0.4 is 5.32 Å². The molecule has 10 nitrogen and oxygen atoms in total. The van der Waals surface area contributed by atoms with Gasteiger partial charge in [0.15, 0.2) is 0 Å². The molecule has 12 heteroatoms. The van der Waals surface area contributed by atoms with Crippen LogP contribution in [-0.2, 0) is 9.47 Å². The first-order valence-electron chi connectivity index (χ1n) is 17.1. The van der Waals surface area contributed by atoms with Gasteiger partial charge in [-0.3, -0.25) is 4.90 Å². The number of aromatic amines is 2. The summed E-state index contributed by atoms with van der Waals surface area (Å²) in [7, 11) is -1.04. The molecule has 6 rings (SSSR count). The number of piperidine rings is 1. The normalized spacial score (nSPS) is 19.5. The quantitative estimate of drug-likeness (QED) is 0.160. The fourth-order valence-electron chi connectivity index (χ4n) is 6.49. The van der Waals surface area contributed by atoms with Crippen LogP contribution in [0.3, 0.4) is 0 Å². The van der Waals surface area contributed by atoms with E-state index in [1.54, 1.807) is 11.1 Å². The standard InChI is InChI=1S/C37H47FN6O4Si/c1-36(2,3)47-34(45)41-27(20-49(7)8)32-39-19-26(40-32)23-13-9-21(10-14-23)22-11-15-24(16-12-22)30-31(38)43-33(42-30)29-18-25-17-28(25)44(29)35(46)48-37(4,5)6/h9-16,19,25,27-29,49H,17-18,20H2,1-8H3,(H,39,40)(H,41,45)(H,42,43)/t25-,27+,28-,29+/m1/s1. The zero-order chi connectivity index (χ0) is 35.2. The number of aromatic nitrogens is 4. The van der Waals surface area contributed by atoms with Crippen molar-refractivity contribution in [2.75, 3.05) is 0 Å². The maximum absolute atomic E-state index is 15.2.